The number of nitrogens with one attached hydrogen (secondary N) is 3. The zero-order chi connectivity index (χ0) is 26.7. The molecule has 3 amide bonds. The van der Waals surface area contributed by atoms with Gasteiger partial charge in [0.25, 0.3) is 14.4 Å². The topological polar surface area (TPSA) is 161 Å². The third kappa shape index (κ3) is 5.91. The lowest BCUT2D eigenvalue weighted by Gasteiger charge is -2.10. The SMILES string of the molecule is CCc1nc2c(C)cc(C)nc2n1-c1ccc(CCNC(=O)NS(=O)(=O)c2nnc(NC(C)=O)s2)cc1. The summed E-state index contributed by atoms with van der Waals surface area (Å²) in [5.41, 5.74) is 5.61. The highest BCUT2D eigenvalue weighted by molar-refractivity contribution is 7.92. The molecular weight excluding hydrogens is 516 g/mol. The maximum Gasteiger partial charge on any atom is 0.328 e. The molecule has 4 aromatic rings. The second kappa shape index (κ2) is 10.6. The van der Waals surface area contributed by atoms with Crippen LogP contribution < -0.4 is 15.4 Å². The first kappa shape index (κ1) is 26.2. The Morgan fingerprint density at radius 3 is 2.49 bits per heavy atom. The summed E-state index contributed by atoms with van der Waals surface area (Å²) >= 11 is 0.640. The zero-order valence-electron chi connectivity index (χ0n) is 20.7. The number of aromatic nitrogens is 5. The summed E-state index contributed by atoms with van der Waals surface area (Å²) in [4.78, 5) is 32.7. The van der Waals surface area contributed by atoms with Crippen LogP contribution in [0.25, 0.3) is 16.9 Å². The van der Waals surface area contributed by atoms with Crippen molar-refractivity contribution in [2.24, 2.45) is 0 Å². The van der Waals surface area contributed by atoms with Crippen molar-refractivity contribution in [2.45, 2.75) is 44.9 Å². The Kier molecular flexibility index (Phi) is 7.50. The molecule has 12 nitrogen and oxygen atoms in total. The van der Waals surface area contributed by atoms with Crippen LogP contribution in [0.3, 0.4) is 0 Å². The van der Waals surface area contributed by atoms with Gasteiger partial charge in [-0.1, -0.05) is 30.4 Å². The van der Waals surface area contributed by atoms with E-state index < -0.39 is 26.3 Å². The van der Waals surface area contributed by atoms with Crippen molar-refractivity contribution in [1.29, 1.82) is 0 Å². The van der Waals surface area contributed by atoms with Crippen LogP contribution in [0, 0.1) is 13.8 Å². The van der Waals surface area contributed by atoms with E-state index in [9.17, 15) is 18.0 Å². The number of carbonyl (C=O) groups is 2. The first-order valence-electron chi connectivity index (χ1n) is 11.4. The number of hydrogen-bond acceptors (Lipinski definition) is 9. The largest absolute Gasteiger partial charge is 0.337 e. The lowest BCUT2D eigenvalue weighted by Crippen LogP contribution is -2.40. The number of hydrogen-bond donors (Lipinski definition) is 3. The number of anilines is 1. The summed E-state index contributed by atoms with van der Waals surface area (Å²) in [6.45, 7) is 7.52. The molecule has 0 aliphatic carbocycles. The number of sulfonamides is 1. The van der Waals surface area contributed by atoms with Crippen molar-refractivity contribution < 1.29 is 18.0 Å². The fourth-order valence-corrected chi connectivity index (χ4v) is 5.64. The summed E-state index contributed by atoms with van der Waals surface area (Å²) in [7, 11) is -4.21. The van der Waals surface area contributed by atoms with Gasteiger partial charge in [0.2, 0.25) is 11.0 Å². The van der Waals surface area contributed by atoms with Crippen LogP contribution in [0.15, 0.2) is 34.7 Å². The maximum atomic E-state index is 12.3. The fraction of sp³-hybridized carbons (Fsp3) is 0.304. The molecule has 3 N–H and O–H groups in total. The van der Waals surface area contributed by atoms with E-state index in [4.69, 9.17) is 9.97 Å². The van der Waals surface area contributed by atoms with Crippen molar-refractivity contribution in [1.82, 2.24) is 34.8 Å². The smallest absolute Gasteiger partial charge is 0.328 e. The van der Waals surface area contributed by atoms with E-state index >= 15 is 0 Å². The van der Waals surface area contributed by atoms with Crippen molar-refractivity contribution in [2.75, 3.05) is 11.9 Å². The number of imidazole rings is 1. The van der Waals surface area contributed by atoms with Gasteiger partial charge in [0.15, 0.2) is 5.65 Å². The molecule has 0 saturated carbocycles. The van der Waals surface area contributed by atoms with Crippen molar-refractivity contribution in [3.8, 4) is 5.69 Å². The Hall–Kier alpha value is -3.91. The molecular formula is C23H26N8O4S2. The molecule has 3 aromatic heterocycles. The number of urea groups is 1. The number of rotatable bonds is 8. The number of amides is 3. The van der Waals surface area contributed by atoms with Gasteiger partial charge in [-0.15, -0.1) is 10.2 Å². The first-order valence-corrected chi connectivity index (χ1v) is 13.7. The second-order valence-corrected chi connectivity index (χ2v) is 11.1. The molecule has 0 atom stereocenters. The molecule has 0 unspecified atom stereocenters. The van der Waals surface area contributed by atoms with E-state index in [1.165, 1.54) is 6.92 Å². The molecule has 3 heterocycles. The van der Waals surface area contributed by atoms with Crippen molar-refractivity contribution in [3.63, 3.8) is 0 Å². The first-order chi connectivity index (χ1) is 17.6. The lowest BCUT2D eigenvalue weighted by atomic mass is 10.1. The Morgan fingerprint density at radius 2 is 1.81 bits per heavy atom. The fourth-order valence-electron chi connectivity index (χ4n) is 3.77. The van der Waals surface area contributed by atoms with Gasteiger partial charge in [-0.25, -0.2) is 19.5 Å². The minimum Gasteiger partial charge on any atom is -0.337 e. The van der Waals surface area contributed by atoms with Crippen LogP contribution >= 0.6 is 11.3 Å². The number of aryl methyl sites for hydroxylation is 3. The Balaban J connectivity index is 1.38. The summed E-state index contributed by atoms with van der Waals surface area (Å²) in [6, 6.07) is 8.98. The minimum atomic E-state index is -4.21. The number of nitrogens with zero attached hydrogens (tertiary/aromatic N) is 5. The normalized spacial score (nSPS) is 11.5. The van der Waals surface area contributed by atoms with Gasteiger partial charge in [0.05, 0.1) is 0 Å². The third-order valence-electron chi connectivity index (χ3n) is 5.36. The molecule has 0 spiro atoms. The quantitative estimate of drug-likeness (QED) is 0.286. The molecule has 4 rings (SSSR count). The molecule has 37 heavy (non-hydrogen) atoms. The Morgan fingerprint density at radius 1 is 1.08 bits per heavy atom. The van der Waals surface area contributed by atoms with Gasteiger partial charge >= 0.3 is 6.03 Å². The Bertz CT molecular complexity index is 1580. The third-order valence-corrected chi connectivity index (χ3v) is 7.90. The standard InChI is InChI=1S/C23H26N8O4S2/c1-5-18-27-19-13(2)12-14(3)25-20(19)31(18)17-8-6-16(7-9-17)10-11-24-21(33)30-37(34,35)23-29-28-22(36-23)26-15(4)32/h6-9,12H,5,10-11H2,1-4H3,(H2,24,30,33)(H,26,28,32). The average molecular weight is 543 g/mol. The number of carbonyl (C=O) groups excluding carboxylic acids is 2. The molecule has 1 aromatic carbocycles. The van der Waals surface area contributed by atoms with Crippen LogP contribution in [0.5, 0.6) is 0 Å². The van der Waals surface area contributed by atoms with Gasteiger partial charge in [0.1, 0.15) is 11.3 Å². The summed E-state index contributed by atoms with van der Waals surface area (Å²) < 4.78 is 28.2. The Labute approximate surface area is 217 Å². The van der Waals surface area contributed by atoms with Gasteiger partial charge < -0.3 is 10.6 Å². The highest BCUT2D eigenvalue weighted by atomic mass is 32.2. The molecule has 0 radical (unpaired) electrons. The maximum absolute atomic E-state index is 12.3. The van der Waals surface area contributed by atoms with Gasteiger partial charge in [-0.3, -0.25) is 9.36 Å². The number of fused-ring (bicyclic) bond motifs is 1. The van der Waals surface area contributed by atoms with E-state index in [0.717, 1.165) is 45.9 Å². The van der Waals surface area contributed by atoms with E-state index in [1.807, 2.05) is 48.9 Å². The average Bonchev–Trinajstić information content (AvgIpc) is 3.44. The molecule has 0 aliphatic rings. The van der Waals surface area contributed by atoms with Crippen LogP contribution in [-0.4, -0.2) is 51.6 Å². The summed E-state index contributed by atoms with van der Waals surface area (Å²) in [6.07, 6.45) is 1.24. The summed E-state index contributed by atoms with van der Waals surface area (Å²) in [5.74, 6) is 0.507. The van der Waals surface area contributed by atoms with Crippen LogP contribution in [0.4, 0.5) is 9.93 Å². The molecule has 0 aliphatic heterocycles. The van der Waals surface area contributed by atoms with E-state index in [2.05, 4.69) is 32.3 Å². The van der Waals surface area contributed by atoms with E-state index in [-0.39, 0.29) is 11.7 Å². The monoisotopic (exact) mass is 542 g/mol. The molecule has 0 saturated heterocycles. The second-order valence-electron chi connectivity index (χ2n) is 8.30. The van der Waals surface area contributed by atoms with Crippen molar-refractivity contribution in [3.05, 3.63) is 53.0 Å². The van der Waals surface area contributed by atoms with Crippen LogP contribution in [0.1, 0.15) is 36.5 Å². The minimum absolute atomic E-state index is 0.0209. The lowest BCUT2D eigenvalue weighted by molar-refractivity contribution is -0.114. The number of benzene rings is 1. The molecule has 14 heteroatoms. The molecule has 194 valence electrons. The predicted octanol–water partition coefficient (Wildman–Crippen LogP) is 2.64. The van der Waals surface area contributed by atoms with E-state index in [0.29, 0.717) is 17.8 Å². The summed E-state index contributed by atoms with van der Waals surface area (Å²) in [5, 5.41) is 12.0. The molecule has 0 bridgehead atoms. The number of pyridine rings is 1. The van der Waals surface area contributed by atoms with Crippen LogP contribution in [-0.2, 0) is 27.7 Å². The zero-order valence-corrected chi connectivity index (χ0v) is 22.3. The molecule has 0 fully saturated rings. The predicted molar refractivity (Wildman–Crippen MR) is 139 cm³/mol. The highest BCUT2D eigenvalue weighted by Gasteiger charge is 2.23. The van der Waals surface area contributed by atoms with Gasteiger partial charge in [-0.05, 0) is 49.6 Å². The van der Waals surface area contributed by atoms with Gasteiger partial charge in [-0.2, -0.15) is 8.42 Å². The van der Waals surface area contributed by atoms with E-state index in [1.54, 1.807) is 0 Å². The van der Waals surface area contributed by atoms with Crippen LogP contribution in [0.2, 0.25) is 0 Å². The van der Waals surface area contributed by atoms with Crippen molar-refractivity contribution >= 4 is 49.6 Å². The van der Waals surface area contributed by atoms with Gasteiger partial charge in [0, 0.05) is 31.3 Å². The highest BCUT2D eigenvalue weighted by Crippen LogP contribution is 2.24.